The fourth-order valence-electron chi connectivity index (χ4n) is 4.26. The van der Waals surface area contributed by atoms with Crippen LogP contribution in [0, 0.1) is 11.8 Å². The summed E-state index contributed by atoms with van der Waals surface area (Å²) in [6.45, 7) is 5.26. The number of fused-ring (bicyclic) bond motifs is 1. The van der Waals surface area contributed by atoms with Gasteiger partial charge in [-0.2, -0.15) is 0 Å². The van der Waals surface area contributed by atoms with Crippen LogP contribution in [0.3, 0.4) is 0 Å². The zero-order valence-electron chi connectivity index (χ0n) is 15.6. The number of hydrogen-bond donors (Lipinski definition) is 0. The van der Waals surface area contributed by atoms with Crippen molar-refractivity contribution in [3.05, 3.63) is 42.0 Å². The van der Waals surface area contributed by atoms with Crippen LogP contribution >= 0.6 is 0 Å². The number of nitrogens with zero attached hydrogens (tertiary/aromatic N) is 3. The maximum Gasteiger partial charge on any atom is 0.234 e. The summed E-state index contributed by atoms with van der Waals surface area (Å²) in [5.41, 5.74) is 1.82. The largest absolute Gasteiger partial charge is 0.369 e. The second-order valence-corrected chi connectivity index (χ2v) is 7.61. The molecule has 2 fully saturated rings. The fraction of sp³-hybridized carbons (Fsp3) is 0.476. The van der Waals surface area contributed by atoms with E-state index in [1.165, 1.54) is 4.90 Å². The van der Waals surface area contributed by atoms with Crippen LogP contribution < -0.4 is 4.90 Å². The molecule has 1 aromatic carbocycles. The first-order chi connectivity index (χ1) is 13.0. The standard InChI is InChI=1S/C21H25N3O3/c1-15(25)16-6-8-17(9-7-16)23-12-10-22(11-13-23)14-24-20(26)18-4-2-3-5-19(18)21(24)27/h2-3,6-9,18-19H,4-5,10-14H2,1H3/t18-,19-/m0/s1. The van der Waals surface area contributed by atoms with Gasteiger partial charge in [-0.1, -0.05) is 12.2 Å². The number of likely N-dealkylation sites (tertiary alicyclic amines) is 1. The minimum absolute atomic E-state index is 0.00315. The van der Waals surface area contributed by atoms with Crippen LogP contribution in [0.4, 0.5) is 5.69 Å². The average molecular weight is 367 g/mol. The minimum Gasteiger partial charge on any atom is -0.369 e. The first-order valence-corrected chi connectivity index (χ1v) is 9.63. The Bertz CT molecular complexity index is 752. The van der Waals surface area contributed by atoms with Gasteiger partial charge in [0.25, 0.3) is 0 Å². The SMILES string of the molecule is CC(=O)c1ccc(N2CCN(CN3C(=O)[C@H]4CC=CC[C@@H]4C3=O)CC2)cc1. The molecule has 2 heterocycles. The number of carbonyl (C=O) groups excluding carboxylic acids is 3. The molecule has 1 aliphatic carbocycles. The molecule has 1 aromatic rings. The summed E-state index contributed by atoms with van der Waals surface area (Å²) in [5, 5.41) is 0. The van der Waals surface area contributed by atoms with Gasteiger partial charge in [0.2, 0.25) is 11.8 Å². The summed E-state index contributed by atoms with van der Waals surface area (Å²) >= 11 is 0. The molecule has 27 heavy (non-hydrogen) atoms. The van der Waals surface area contributed by atoms with Crippen molar-refractivity contribution in [1.82, 2.24) is 9.80 Å². The van der Waals surface area contributed by atoms with Gasteiger partial charge in [-0.15, -0.1) is 0 Å². The Hall–Kier alpha value is -2.47. The van der Waals surface area contributed by atoms with Crippen molar-refractivity contribution in [2.75, 3.05) is 37.7 Å². The fourth-order valence-corrected chi connectivity index (χ4v) is 4.26. The Morgan fingerprint density at radius 3 is 2.00 bits per heavy atom. The molecule has 0 unspecified atom stereocenters. The number of ketones is 1. The number of anilines is 1. The van der Waals surface area contributed by atoms with Crippen LogP contribution in [0.1, 0.15) is 30.1 Å². The Balaban J connectivity index is 1.34. The Labute approximate surface area is 159 Å². The van der Waals surface area contributed by atoms with Crippen LogP contribution in [-0.4, -0.2) is 60.2 Å². The number of imide groups is 1. The van der Waals surface area contributed by atoms with E-state index in [1.807, 2.05) is 36.4 Å². The molecule has 0 radical (unpaired) electrons. The maximum atomic E-state index is 12.6. The van der Waals surface area contributed by atoms with Crippen LogP contribution in [0.5, 0.6) is 0 Å². The van der Waals surface area contributed by atoms with Crippen molar-refractivity contribution < 1.29 is 14.4 Å². The molecule has 0 aromatic heterocycles. The molecule has 0 saturated carbocycles. The molecule has 6 heteroatoms. The van der Waals surface area contributed by atoms with Crippen LogP contribution in [-0.2, 0) is 9.59 Å². The quantitative estimate of drug-likeness (QED) is 0.462. The lowest BCUT2D eigenvalue weighted by molar-refractivity contribution is -0.142. The lowest BCUT2D eigenvalue weighted by Crippen LogP contribution is -2.51. The van der Waals surface area contributed by atoms with E-state index >= 15 is 0 Å². The third-order valence-electron chi connectivity index (χ3n) is 5.95. The molecule has 0 N–H and O–H groups in total. The lowest BCUT2D eigenvalue weighted by Gasteiger charge is -2.37. The number of allylic oxidation sites excluding steroid dienone is 2. The second kappa shape index (κ2) is 7.27. The number of benzene rings is 1. The zero-order valence-corrected chi connectivity index (χ0v) is 15.6. The summed E-state index contributed by atoms with van der Waals surface area (Å²) in [6.07, 6.45) is 5.42. The van der Waals surface area contributed by atoms with Crippen molar-refractivity contribution in [1.29, 1.82) is 0 Å². The number of hydrogen-bond acceptors (Lipinski definition) is 5. The second-order valence-electron chi connectivity index (χ2n) is 7.61. The Kier molecular flexibility index (Phi) is 4.83. The monoisotopic (exact) mass is 367 g/mol. The first kappa shape index (κ1) is 17.9. The average Bonchev–Trinajstić information content (AvgIpc) is 2.94. The molecular weight excluding hydrogens is 342 g/mol. The van der Waals surface area contributed by atoms with Gasteiger partial charge in [0.1, 0.15) is 0 Å². The Morgan fingerprint density at radius 1 is 0.926 bits per heavy atom. The highest BCUT2D eigenvalue weighted by atomic mass is 16.2. The molecule has 2 saturated heterocycles. The van der Waals surface area contributed by atoms with Gasteiger partial charge in [-0.3, -0.25) is 24.2 Å². The summed E-state index contributed by atoms with van der Waals surface area (Å²) in [6, 6.07) is 7.69. The molecule has 0 spiro atoms. The summed E-state index contributed by atoms with van der Waals surface area (Å²) < 4.78 is 0. The van der Waals surface area contributed by atoms with Crippen molar-refractivity contribution in [2.45, 2.75) is 19.8 Å². The highest BCUT2D eigenvalue weighted by Crippen LogP contribution is 2.35. The lowest BCUT2D eigenvalue weighted by atomic mass is 9.85. The van der Waals surface area contributed by atoms with E-state index in [4.69, 9.17) is 0 Å². The number of rotatable bonds is 4. The molecule has 2 atom stereocenters. The molecular formula is C21H25N3O3. The third-order valence-corrected chi connectivity index (χ3v) is 5.95. The highest BCUT2D eigenvalue weighted by molar-refractivity contribution is 6.05. The number of carbonyl (C=O) groups is 3. The highest BCUT2D eigenvalue weighted by Gasteiger charge is 2.47. The molecule has 0 bridgehead atoms. The zero-order chi connectivity index (χ0) is 19.0. The summed E-state index contributed by atoms with van der Waals surface area (Å²) in [5.74, 6) is -0.234. The van der Waals surface area contributed by atoms with E-state index in [9.17, 15) is 14.4 Å². The van der Waals surface area contributed by atoms with Crippen molar-refractivity contribution in [3.63, 3.8) is 0 Å². The summed E-state index contributed by atoms with van der Waals surface area (Å²) in [7, 11) is 0. The number of amides is 2. The van der Waals surface area contributed by atoms with Crippen LogP contribution in [0.15, 0.2) is 36.4 Å². The normalized spacial score (nSPS) is 25.8. The third kappa shape index (κ3) is 3.41. The van der Waals surface area contributed by atoms with Crippen molar-refractivity contribution in [3.8, 4) is 0 Å². The molecule has 2 aliphatic heterocycles. The smallest absolute Gasteiger partial charge is 0.234 e. The van der Waals surface area contributed by atoms with E-state index in [1.54, 1.807) is 6.92 Å². The van der Waals surface area contributed by atoms with Crippen LogP contribution in [0.25, 0.3) is 0 Å². The number of piperazine rings is 1. The van der Waals surface area contributed by atoms with Gasteiger partial charge in [0, 0.05) is 37.4 Å². The van der Waals surface area contributed by atoms with Gasteiger partial charge >= 0.3 is 0 Å². The topological polar surface area (TPSA) is 60.9 Å². The Morgan fingerprint density at radius 2 is 1.48 bits per heavy atom. The van der Waals surface area contributed by atoms with E-state index in [2.05, 4.69) is 9.80 Å². The molecule has 4 rings (SSSR count). The van der Waals surface area contributed by atoms with E-state index in [-0.39, 0.29) is 29.4 Å². The molecule has 142 valence electrons. The van der Waals surface area contributed by atoms with Gasteiger partial charge < -0.3 is 4.90 Å². The number of Topliss-reactive ketones (excluding diaryl/α,β-unsaturated/α-hetero) is 1. The van der Waals surface area contributed by atoms with Gasteiger partial charge in [0.15, 0.2) is 5.78 Å². The van der Waals surface area contributed by atoms with E-state index < -0.39 is 0 Å². The van der Waals surface area contributed by atoms with E-state index in [0.29, 0.717) is 19.5 Å². The van der Waals surface area contributed by atoms with Gasteiger partial charge in [0.05, 0.1) is 18.5 Å². The van der Waals surface area contributed by atoms with Gasteiger partial charge in [-0.25, -0.2) is 0 Å². The van der Waals surface area contributed by atoms with Crippen molar-refractivity contribution >= 4 is 23.3 Å². The predicted molar refractivity (Wildman–Crippen MR) is 102 cm³/mol. The minimum atomic E-state index is -0.149. The molecule has 2 amide bonds. The maximum absolute atomic E-state index is 12.6. The molecule has 3 aliphatic rings. The summed E-state index contributed by atoms with van der Waals surface area (Å²) in [4.78, 5) is 42.5. The predicted octanol–water partition coefficient (Wildman–Crippen LogP) is 1.92. The first-order valence-electron chi connectivity index (χ1n) is 9.63. The van der Waals surface area contributed by atoms with Crippen molar-refractivity contribution in [2.24, 2.45) is 11.8 Å². The van der Waals surface area contributed by atoms with Gasteiger partial charge in [-0.05, 0) is 44.0 Å². The molecule has 6 nitrogen and oxygen atoms in total. The van der Waals surface area contributed by atoms with E-state index in [0.717, 1.165) is 37.4 Å². The van der Waals surface area contributed by atoms with Crippen LogP contribution in [0.2, 0.25) is 0 Å².